The van der Waals surface area contributed by atoms with E-state index in [0.29, 0.717) is 5.52 Å². The van der Waals surface area contributed by atoms with E-state index in [-0.39, 0.29) is 11.4 Å². The Morgan fingerprint density at radius 1 is 1.33 bits per heavy atom. The van der Waals surface area contributed by atoms with Gasteiger partial charge in [0.25, 0.3) is 5.91 Å². The van der Waals surface area contributed by atoms with Gasteiger partial charge in [-0.1, -0.05) is 18.2 Å². The summed E-state index contributed by atoms with van der Waals surface area (Å²) in [6.45, 7) is 0. The first-order valence-electron chi connectivity index (χ1n) is 5.32. The van der Waals surface area contributed by atoms with Gasteiger partial charge >= 0.3 is 0 Å². The molecule has 1 amide bonds. The molecule has 0 saturated heterocycles. The van der Waals surface area contributed by atoms with Gasteiger partial charge in [-0.15, -0.1) is 0 Å². The molecule has 2 aromatic heterocycles. The fraction of sp³-hybridized carbons (Fsp3) is 0. The lowest BCUT2D eigenvalue weighted by Crippen LogP contribution is -2.14. The van der Waals surface area contributed by atoms with Crippen LogP contribution in [0.1, 0.15) is 16.2 Å². The number of hydrogen-bond donors (Lipinski definition) is 2. The Hall–Kier alpha value is -2.87. The highest BCUT2D eigenvalue weighted by Gasteiger charge is 2.14. The summed E-state index contributed by atoms with van der Waals surface area (Å²) >= 11 is 0. The highest BCUT2D eigenvalue weighted by molar-refractivity contribution is 6.13. The first-order chi connectivity index (χ1) is 8.70. The third-order valence-electron chi connectivity index (χ3n) is 2.84. The van der Waals surface area contributed by atoms with Crippen LogP contribution in [0, 0.1) is 11.3 Å². The minimum atomic E-state index is -0.649. The molecule has 5 heteroatoms. The van der Waals surface area contributed by atoms with Crippen molar-refractivity contribution in [3.8, 4) is 6.07 Å². The van der Waals surface area contributed by atoms with Crippen molar-refractivity contribution < 1.29 is 4.79 Å². The van der Waals surface area contributed by atoms with Crippen LogP contribution in [0.25, 0.3) is 21.8 Å². The summed E-state index contributed by atoms with van der Waals surface area (Å²) in [5, 5.41) is 10.7. The van der Waals surface area contributed by atoms with Crippen LogP contribution in [0.2, 0.25) is 0 Å². The maximum absolute atomic E-state index is 11.4. The second-order valence-electron chi connectivity index (χ2n) is 3.93. The Morgan fingerprint density at radius 2 is 2.11 bits per heavy atom. The van der Waals surface area contributed by atoms with Crippen molar-refractivity contribution in [2.75, 3.05) is 0 Å². The van der Waals surface area contributed by atoms with Crippen LogP contribution in [0.4, 0.5) is 0 Å². The van der Waals surface area contributed by atoms with Gasteiger partial charge in [-0.3, -0.25) is 4.79 Å². The maximum Gasteiger partial charge on any atom is 0.269 e. The normalized spacial score (nSPS) is 10.6. The number of fused-ring (bicyclic) bond motifs is 3. The van der Waals surface area contributed by atoms with E-state index in [1.807, 2.05) is 30.3 Å². The first kappa shape index (κ1) is 10.3. The standard InChI is InChI=1S/C13H8N4O/c14-6-7-5-9-8-3-1-2-4-10(8)17-11(9)12(16-7)13(15)18/h1-5,17H,(H2,15,18). The number of amides is 1. The summed E-state index contributed by atoms with van der Waals surface area (Å²) in [6.07, 6.45) is 0. The number of nitriles is 1. The molecule has 2 heterocycles. The van der Waals surface area contributed by atoms with Crippen LogP contribution in [-0.4, -0.2) is 15.9 Å². The topological polar surface area (TPSA) is 95.6 Å². The number of hydrogen-bond acceptors (Lipinski definition) is 3. The fourth-order valence-corrected chi connectivity index (χ4v) is 2.08. The summed E-state index contributed by atoms with van der Waals surface area (Å²) < 4.78 is 0. The van der Waals surface area contributed by atoms with E-state index < -0.39 is 5.91 Å². The van der Waals surface area contributed by atoms with Crippen molar-refractivity contribution >= 4 is 27.7 Å². The number of aromatic amines is 1. The number of nitrogens with zero attached hydrogens (tertiary/aromatic N) is 2. The molecule has 3 rings (SSSR count). The molecule has 0 atom stereocenters. The summed E-state index contributed by atoms with van der Waals surface area (Å²) in [6, 6.07) is 11.2. The third kappa shape index (κ3) is 1.33. The highest BCUT2D eigenvalue weighted by atomic mass is 16.1. The summed E-state index contributed by atoms with van der Waals surface area (Å²) in [5.41, 5.74) is 7.03. The lowest BCUT2D eigenvalue weighted by Gasteiger charge is -1.98. The number of para-hydroxylation sites is 1. The van der Waals surface area contributed by atoms with Gasteiger partial charge in [0.15, 0.2) is 5.69 Å². The molecule has 0 saturated carbocycles. The third-order valence-corrected chi connectivity index (χ3v) is 2.84. The molecule has 5 nitrogen and oxygen atoms in total. The predicted octanol–water partition coefficient (Wildman–Crippen LogP) is 1.69. The van der Waals surface area contributed by atoms with Crippen molar-refractivity contribution in [3.05, 3.63) is 41.7 Å². The average Bonchev–Trinajstić information content (AvgIpc) is 2.75. The van der Waals surface area contributed by atoms with Crippen LogP contribution in [-0.2, 0) is 0 Å². The van der Waals surface area contributed by atoms with Gasteiger partial charge in [0.2, 0.25) is 0 Å². The maximum atomic E-state index is 11.4. The Kier molecular flexibility index (Phi) is 2.04. The first-order valence-corrected chi connectivity index (χ1v) is 5.32. The van der Waals surface area contributed by atoms with Gasteiger partial charge in [-0.25, -0.2) is 4.98 Å². The number of aromatic nitrogens is 2. The Bertz CT molecular complexity index is 826. The monoisotopic (exact) mass is 236 g/mol. The largest absolute Gasteiger partial charge is 0.364 e. The summed E-state index contributed by atoms with van der Waals surface area (Å²) in [4.78, 5) is 18.4. The van der Waals surface area contributed by atoms with Crippen molar-refractivity contribution in [1.82, 2.24) is 9.97 Å². The van der Waals surface area contributed by atoms with Gasteiger partial charge < -0.3 is 10.7 Å². The number of rotatable bonds is 1. The summed E-state index contributed by atoms with van der Waals surface area (Å²) in [5.74, 6) is -0.649. The Labute approximate surface area is 102 Å². The van der Waals surface area contributed by atoms with E-state index in [1.165, 1.54) is 0 Å². The van der Waals surface area contributed by atoms with E-state index in [9.17, 15) is 4.79 Å². The smallest absolute Gasteiger partial charge is 0.269 e. The van der Waals surface area contributed by atoms with Crippen LogP contribution < -0.4 is 5.73 Å². The van der Waals surface area contributed by atoms with Gasteiger partial charge in [-0.05, 0) is 12.1 Å². The molecule has 0 bridgehead atoms. The molecule has 3 N–H and O–H groups in total. The zero-order valence-corrected chi connectivity index (χ0v) is 9.27. The lowest BCUT2D eigenvalue weighted by molar-refractivity contribution is 0.0997. The van der Waals surface area contributed by atoms with Gasteiger partial charge in [0, 0.05) is 16.3 Å². The predicted molar refractivity (Wildman–Crippen MR) is 66.8 cm³/mol. The molecule has 0 aliphatic rings. The van der Waals surface area contributed by atoms with E-state index in [0.717, 1.165) is 16.3 Å². The zero-order valence-electron chi connectivity index (χ0n) is 9.27. The molecule has 0 spiro atoms. The molecule has 18 heavy (non-hydrogen) atoms. The lowest BCUT2D eigenvalue weighted by atomic mass is 10.1. The van der Waals surface area contributed by atoms with E-state index in [4.69, 9.17) is 11.0 Å². The average molecular weight is 236 g/mol. The minimum Gasteiger partial charge on any atom is -0.364 e. The van der Waals surface area contributed by atoms with Crippen molar-refractivity contribution in [2.24, 2.45) is 5.73 Å². The number of H-pyrrole nitrogens is 1. The van der Waals surface area contributed by atoms with Crippen molar-refractivity contribution in [3.63, 3.8) is 0 Å². The minimum absolute atomic E-state index is 0.0975. The number of nitrogens with two attached hydrogens (primary N) is 1. The second-order valence-corrected chi connectivity index (χ2v) is 3.93. The molecular weight excluding hydrogens is 228 g/mol. The number of carbonyl (C=O) groups excluding carboxylic acids is 1. The van der Waals surface area contributed by atoms with Gasteiger partial charge in [0.05, 0.1) is 5.52 Å². The van der Waals surface area contributed by atoms with E-state index in [1.54, 1.807) is 6.07 Å². The molecule has 0 unspecified atom stereocenters. The quantitative estimate of drug-likeness (QED) is 0.672. The Balaban J connectivity index is 2.55. The van der Waals surface area contributed by atoms with Crippen LogP contribution >= 0.6 is 0 Å². The fourth-order valence-electron chi connectivity index (χ4n) is 2.08. The number of carbonyl (C=O) groups is 1. The Morgan fingerprint density at radius 3 is 2.83 bits per heavy atom. The summed E-state index contributed by atoms with van der Waals surface area (Å²) in [7, 11) is 0. The van der Waals surface area contributed by atoms with E-state index >= 15 is 0 Å². The molecule has 0 fully saturated rings. The van der Waals surface area contributed by atoms with Crippen molar-refractivity contribution in [2.45, 2.75) is 0 Å². The number of benzene rings is 1. The molecule has 0 aliphatic heterocycles. The number of pyridine rings is 1. The number of primary amides is 1. The van der Waals surface area contributed by atoms with Gasteiger partial charge in [-0.2, -0.15) is 5.26 Å². The molecule has 3 aromatic rings. The van der Waals surface area contributed by atoms with Crippen LogP contribution in [0.5, 0.6) is 0 Å². The molecule has 86 valence electrons. The zero-order chi connectivity index (χ0) is 12.7. The SMILES string of the molecule is N#Cc1cc2c([nH]c3ccccc32)c(C(N)=O)n1. The second kappa shape index (κ2) is 3.57. The molecule has 0 radical (unpaired) electrons. The van der Waals surface area contributed by atoms with Crippen LogP contribution in [0.3, 0.4) is 0 Å². The van der Waals surface area contributed by atoms with Crippen molar-refractivity contribution in [1.29, 1.82) is 5.26 Å². The van der Waals surface area contributed by atoms with Crippen LogP contribution in [0.15, 0.2) is 30.3 Å². The molecule has 0 aliphatic carbocycles. The molecule has 1 aromatic carbocycles. The number of nitrogens with one attached hydrogen (secondary N) is 1. The van der Waals surface area contributed by atoms with Gasteiger partial charge in [0.1, 0.15) is 11.8 Å². The van der Waals surface area contributed by atoms with E-state index in [2.05, 4.69) is 9.97 Å². The molecular formula is C13H8N4O. The highest BCUT2D eigenvalue weighted by Crippen LogP contribution is 2.27.